The van der Waals surface area contributed by atoms with Gasteiger partial charge in [0.05, 0.1) is 5.69 Å². The molecular weight excluding hydrogens is 396 g/mol. The molecule has 0 atom stereocenters. The Kier molecular flexibility index (Phi) is 5.17. The molecule has 0 saturated carbocycles. The molecule has 5 rings (SSSR count). The van der Waals surface area contributed by atoms with Gasteiger partial charge in [-0.25, -0.2) is 9.66 Å². The number of para-hydroxylation sites is 1. The van der Waals surface area contributed by atoms with Gasteiger partial charge in [0.1, 0.15) is 11.0 Å². The highest BCUT2D eigenvalue weighted by atomic mass is 32.1. The molecule has 1 aliphatic heterocycles. The van der Waals surface area contributed by atoms with Crippen molar-refractivity contribution >= 4 is 32.5 Å². The van der Waals surface area contributed by atoms with Gasteiger partial charge < -0.3 is 4.90 Å². The van der Waals surface area contributed by atoms with Crippen LogP contribution in [0.3, 0.4) is 0 Å². The molecule has 0 radical (unpaired) electrons. The fourth-order valence-electron chi connectivity index (χ4n) is 3.61. The number of rotatable bonds is 5. The Bertz CT molecular complexity index is 1180. The second-order valence-electron chi connectivity index (χ2n) is 7.30. The maximum atomic E-state index is 12.9. The first-order valence-corrected chi connectivity index (χ1v) is 10.8. The fraction of sp³-hybridized carbons (Fsp3) is 0.227. The zero-order valence-corrected chi connectivity index (χ0v) is 17.3. The first kappa shape index (κ1) is 18.8. The molecular formula is C22H22N6OS. The van der Waals surface area contributed by atoms with E-state index in [1.54, 1.807) is 0 Å². The number of thiazole rings is 1. The van der Waals surface area contributed by atoms with Gasteiger partial charge in [-0.1, -0.05) is 59.9 Å². The van der Waals surface area contributed by atoms with E-state index in [9.17, 15) is 4.79 Å². The minimum Gasteiger partial charge on any atom is -0.345 e. The van der Waals surface area contributed by atoms with Crippen molar-refractivity contribution in [2.24, 2.45) is 0 Å². The molecule has 0 unspecified atom stereocenters. The maximum absolute atomic E-state index is 12.9. The van der Waals surface area contributed by atoms with Crippen LogP contribution in [0, 0.1) is 0 Å². The highest BCUT2D eigenvalue weighted by Crippen LogP contribution is 2.26. The third-order valence-corrected chi connectivity index (χ3v) is 6.32. The summed E-state index contributed by atoms with van der Waals surface area (Å²) in [4.78, 5) is 26.6. The van der Waals surface area contributed by atoms with E-state index in [0.717, 1.165) is 43.5 Å². The van der Waals surface area contributed by atoms with E-state index in [0.29, 0.717) is 10.3 Å². The van der Waals surface area contributed by atoms with E-state index in [1.807, 2.05) is 36.4 Å². The highest BCUT2D eigenvalue weighted by Gasteiger charge is 2.21. The van der Waals surface area contributed by atoms with E-state index < -0.39 is 0 Å². The Hall–Kier alpha value is -3.23. The molecule has 1 fully saturated rings. The summed E-state index contributed by atoms with van der Waals surface area (Å²) in [6, 6.07) is 20.1. The first-order chi connectivity index (χ1) is 14.8. The lowest BCUT2D eigenvalue weighted by Crippen LogP contribution is -2.45. The monoisotopic (exact) mass is 418 g/mol. The van der Waals surface area contributed by atoms with Crippen LogP contribution in [-0.2, 0) is 6.54 Å². The molecule has 4 aromatic rings. The summed E-state index contributed by atoms with van der Waals surface area (Å²) in [6.07, 6.45) is 1.50. The minimum absolute atomic E-state index is 0.129. The predicted molar refractivity (Wildman–Crippen MR) is 121 cm³/mol. The van der Waals surface area contributed by atoms with E-state index in [4.69, 9.17) is 0 Å². The van der Waals surface area contributed by atoms with E-state index >= 15 is 0 Å². The highest BCUT2D eigenvalue weighted by molar-refractivity contribution is 7.22. The van der Waals surface area contributed by atoms with Crippen LogP contribution < -0.4 is 15.9 Å². The lowest BCUT2D eigenvalue weighted by atomic mass is 10.2. The van der Waals surface area contributed by atoms with Crippen molar-refractivity contribution in [1.82, 2.24) is 19.5 Å². The van der Waals surface area contributed by atoms with Crippen molar-refractivity contribution in [3.05, 3.63) is 82.9 Å². The van der Waals surface area contributed by atoms with Gasteiger partial charge in [0.15, 0.2) is 10.8 Å². The number of nitrogens with zero attached hydrogens (tertiary/aromatic N) is 5. The number of piperazine rings is 1. The molecule has 0 amide bonds. The number of fused-ring (bicyclic) bond motifs is 1. The van der Waals surface area contributed by atoms with E-state index in [2.05, 4.69) is 49.5 Å². The van der Waals surface area contributed by atoms with Crippen molar-refractivity contribution in [3.8, 4) is 0 Å². The summed E-state index contributed by atoms with van der Waals surface area (Å²) < 4.78 is 1.99. The molecule has 1 aliphatic rings. The zero-order valence-electron chi connectivity index (χ0n) is 16.4. The number of aromatic nitrogens is 3. The van der Waals surface area contributed by atoms with Gasteiger partial charge in [0, 0.05) is 32.7 Å². The second kappa shape index (κ2) is 8.25. The molecule has 0 spiro atoms. The van der Waals surface area contributed by atoms with Crippen LogP contribution in [0.15, 0.2) is 71.8 Å². The summed E-state index contributed by atoms with van der Waals surface area (Å²) in [7, 11) is 0. The Labute approximate surface area is 178 Å². The smallest absolute Gasteiger partial charge is 0.291 e. The molecule has 1 saturated heterocycles. The first-order valence-electron chi connectivity index (χ1n) is 9.98. The molecule has 30 heavy (non-hydrogen) atoms. The predicted octanol–water partition coefficient (Wildman–Crippen LogP) is 3.05. The van der Waals surface area contributed by atoms with Crippen molar-refractivity contribution in [2.45, 2.75) is 6.54 Å². The largest absolute Gasteiger partial charge is 0.345 e. The molecule has 2 aromatic heterocycles. The van der Waals surface area contributed by atoms with Gasteiger partial charge in [-0.15, -0.1) is 0 Å². The van der Waals surface area contributed by atoms with Gasteiger partial charge in [-0.05, 0) is 17.7 Å². The average Bonchev–Trinajstić information content (AvgIpc) is 3.23. The van der Waals surface area contributed by atoms with Crippen LogP contribution >= 0.6 is 11.3 Å². The molecule has 152 valence electrons. The molecule has 2 aromatic carbocycles. The number of anilines is 2. The van der Waals surface area contributed by atoms with Crippen molar-refractivity contribution in [1.29, 1.82) is 0 Å². The summed E-state index contributed by atoms with van der Waals surface area (Å²) in [5.41, 5.74) is 5.63. The normalized spacial score (nSPS) is 14.9. The quantitative estimate of drug-likeness (QED) is 0.537. The lowest BCUT2D eigenvalue weighted by Gasteiger charge is -2.34. The summed E-state index contributed by atoms with van der Waals surface area (Å²) >= 11 is 1.42. The third kappa shape index (κ3) is 3.92. The summed E-state index contributed by atoms with van der Waals surface area (Å²) in [5.74, 6) is 0. The molecule has 0 bridgehead atoms. The minimum atomic E-state index is -0.129. The van der Waals surface area contributed by atoms with Crippen LogP contribution in [0.1, 0.15) is 5.56 Å². The number of hydrogen-bond acceptors (Lipinski definition) is 7. The Morgan fingerprint density at radius 3 is 2.37 bits per heavy atom. The van der Waals surface area contributed by atoms with Crippen LogP contribution in [0.2, 0.25) is 0 Å². The Balaban J connectivity index is 1.30. The van der Waals surface area contributed by atoms with E-state index in [1.165, 1.54) is 27.9 Å². The van der Waals surface area contributed by atoms with Crippen molar-refractivity contribution in [2.75, 3.05) is 36.5 Å². The number of benzene rings is 2. The molecule has 1 N–H and O–H groups in total. The molecule has 8 heteroatoms. The van der Waals surface area contributed by atoms with Gasteiger partial charge in [0.2, 0.25) is 0 Å². The Morgan fingerprint density at radius 1 is 0.933 bits per heavy atom. The standard InChI is InChI=1S/C22H22N6OS/c29-21-19-20(23-16-28(21)25-18-9-5-2-6-10-18)24-22(30-19)27-13-11-26(12-14-27)15-17-7-3-1-4-8-17/h1-10,16,25H,11-15H2. The van der Waals surface area contributed by atoms with Gasteiger partial charge in [-0.3, -0.25) is 15.1 Å². The second-order valence-corrected chi connectivity index (χ2v) is 8.27. The molecule has 3 heterocycles. The SMILES string of the molecule is O=c1c2sc(N3CCN(Cc4ccccc4)CC3)nc2ncn1Nc1ccccc1. The van der Waals surface area contributed by atoms with Crippen LogP contribution in [0.25, 0.3) is 10.3 Å². The average molecular weight is 419 g/mol. The van der Waals surface area contributed by atoms with Gasteiger partial charge in [-0.2, -0.15) is 4.98 Å². The number of nitrogens with one attached hydrogen (secondary N) is 1. The van der Waals surface area contributed by atoms with Crippen molar-refractivity contribution in [3.63, 3.8) is 0 Å². The maximum Gasteiger partial charge on any atom is 0.291 e. The molecule has 7 nitrogen and oxygen atoms in total. The van der Waals surface area contributed by atoms with Crippen molar-refractivity contribution < 1.29 is 0 Å². The van der Waals surface area contributed by atoms with E-state index in [-0.39, 0.29) is 5.56 Å². The Morgan fingerprint density at radius 2 is 1.63 bits per heavy atom. The third-order valence-electron chi connectivity index (χ3n) is 5.22. The van der Waals surface area contributed by atoms with Gasteiger partial charge in [0.25, 0.3) is 5.56 Å². The topological polar surface area (TPSA) is 66.3 Å². The summed E-state index contributed by atoms with van der Waals surface area (Å²) in [6.45, 7) is 4.69. The van der Waals surface area contributed by atoms with Crippen LogP contribution in [0.5, 0.6) is 0 Å². The summed E-state index contributed by atoms with van der Waals surface area (Å²) in [5, 5.41) is 0.867. The zero-order chi connectivity index (χ0) is 20.3. The van der Waals surface area contributed by atoms with Gasteiger partial charge >= 0.3 is 0 Å². The van der Waals surface area contributed by atoms with Crippen LogP contribution in [-0.4, -0.2) is 45.7 Å². The van der Waals surface area contributed by atoms with Crippen LogP contribution in [0.4, 0.5) is 10.8 Å². The fourth-order valence-corrected chi connectivity index (χ4v) is 4.61. The molecule has 0 aliphatic carbocycles. The number of hydrogen-bond donors (Lipinski definition) is 1. The lowest BCUT2D eigenvalue weighted by molar-refractivity contribution is 0.250.